The summed E-state index contributed by atoms with van der Waals surface area (Å²) in [5, 5.41) is 0.625. The van der Waals surface area contributed by atoms with E-state index in [1.807, 2.05) is 13.8 Å². The summed E-state index contributed by atoms with van der Waals surface area (Å²) >= 11 is 3.37. The predicted molar refractivity (Wildman–Crippen MR) is 74.5 cm³/mol. The number of piperidine rings is 1. The molecule has 0 aromatic heterocycles. The second kappa shape index (κ2) is 5.55. The number of hydrogen-bond donors (Lipinski definition) is 0. The van der Waals surface area contributed by atoms with Crippen LogP contribution in [0.3, 0.4) is 0 Å². The Bertz CT molecular complexity index is 348. The van der Waals surface area contributed by atoms with E-state index in [0.717, 1.165) is 12.8 Å². The molecule has 0 aromatic carbocycles. The highest BCUT2D eigenvalue weighted by Crippen LogP contribution is 2.25. The van der Waals surface area contributed by atoms with Gasteiger partial charge >= 0.3 is 0 Å². The Morgan fingerprint density at radius 2 is 1.82 bits per heavy atom. The normalized spacial score (nSPS) is 21.1. The minimum atomic E-state index is -3.32. The number of alkyl halides is 1. The van der Waals surface area contributed by atoms with Gasteiger partial charge in [-0.15, -0.1) is 0 Å². The second-order valence-corrected chi connectivity index (χ2v) is 8.02. The third-order valence-corrected chi connectivity index (χ3v) is 7.17. The molecule has 6 heteroatoms. The van der Waals surface area contributed by atoms with Crippen LogP contribution in [0.2, 0.25) is 0 Å². The average Bonchev–Trinajstić information content (AvgIpc) is 2.28. The van der Waals surface area contributed by atoms with Crippen LogP contribution in [-0.4, -0.2) is 48.0 Å². The average molecular weight is 327 g/mol. The highest BCUT2D eigenvalue weighted by molar-refractivity contribution is 9.09. The second-order valence-electron chi connectivity index (χ2n) is 5.50. The number of nitrogens with zero attached hydrogens (tertiary/aromatic N) is 2. The van der Waals surface area contributed by atoms with Crippen LogP contribution in [0, 0.1) is 5.92 Å². The summed E-state index contributed by atoms with van der Waals surface area (Å²) in [4.78, 5) is 0. The van der Waals surface area contributed by atoms with Gasteiger partial charge in [0.15, 0.2) is 0 Å². The van der Waals surface area contributed by atoms with Crippen molar-refractivity contribution in [3.63, 3.8) is 0 Å². The minimum absolute atomic E-state index is 0.401. The van der Waals surface area contributed by atoms with Gasteiger partial charge in [0, 0.05) is 31.0 Å². The quantitative estimate of drug-likeness (QED) is 0.742. The summed E-state index contributed by atoms with van der Waals surface area (Å²) in [6.45, 7) is 7.31. The number of halogens is 1. The van der Waals surface area contributed by atoms with Crippen LogP contribution < -0.4 is 0 Å². The molecule has 0 spiro atoms. The van der Waals surface area contributed by atoms with Crippen LogP contribution in [0.25, 0.3) is 0 Å². The summed E-state index contributed by atoms with van der Waals surface area (Å²) in [5.41, 5.74) is -0.401. The molecule has 1 aliphatic rings. The first-order valence-electron chi connectivity index (χ1n) is 6.02. The van der Waals surface area contributed by atoms with E-state index in [1.54, 1.807) is 11.4 Å². The van der Waals surface area contributed by atoms with Crippen molar-refractivity contribution >= 4 is 26.1 Å². The molecule has 0 N–H and O–H groups in total. The topological polar surface area (TPSA) is 40.6 Å². The fourth-order valence-corrected chi connectivity index (χ4v) is 4.04. The molecule has 1 aliphatic heterocycles. The van der Waals surface area contributed by atoms with Gasteiger partial charge in [0.1, 0.15) is 0 Å². The van der Waals surface area contributed by atoms with Gasteiger partial charge in [0.05, 0.1) is 0 Å². The first kappa shape index (κ1) is 15.4. The van der Waals surface area contributed by atoms with E-state index in [0.29, 0.717) is 24.3 Å². The lowest BCUT2D eigenvalue weighted by molar-refractivity contribution is 0.236. The molecule has 0 aliphatic carbocycles. The van der Waals surface area contributed by atoms with E-state index in [9.17, 15) is 8.42 Å². The van der Waals surface area contributed by atoms with E-state index in [2.05, 4.69) is 22.9 Å². The lowest BCUT2D eigenvalue weighted by Gasteiger charge is -2.38. The molecule has 0 amide bonds. The van der Waals surface area contributed by atoms with E-state index < -0.39 is 15.7 Å². The Morgan fingerprint density at radius 1 is 1.35 bits per heavy atom. The Hall–Kier alpha value is 0.350. The molecule has 0 radical (unpaired) electrons. The maximum atomic E-state index is 12.4. The monoisotopic (exact) mass is 326 g/mol. The van der Waals surface area contributed by atoms with Crippen molar-refractivity contribution in [2.24, 2.45) is 5.92 Å². The Kier molecular flexibility index (Phi) is 5.03. The van der Waals surface area contributed by atoms with Gasteiger partial charge in [-0.25, -0.2) is 0 Å². The molecule has 1 fully saturated rings. The zero-order valence-electron chi connectivity index (χ0n) is 11.1. The Morgan fingerprint density at radius 3 is 2.24 bits per heavy atom. The Balaban J connectivity index is 2.81. The van der Waals surface area contributed by atoms with Gasteiger partial charge in [0.2, 0.25) is 0 Å². The lowest BCUT2D eigenvalue weighted by atomic mass is 10.0. The maximum Gasteiger partial charge on any atom is 0.282 e. The standard InChI is InChI=1S/C11H23BrN2O2S/c1-10-5-7-14(8-6-10)17(15,16)13(4)11(2,3)9-12/h10H,5-9H2,1-4H3. The zero-order valence-corrected chi connectivity index (χ0v) is 13.5. The third kappa shape index (κ3) is 3.43. The van der Waals surface area contributed by atoms with Crippen molar-refractivity contribution in [2.45, 2.75) is 39.2 Å². The molecular weight excluding hydrogens is 304 g/mol. The summed E-state index contributed by atoms with van der Waals surface area (Å²) in [6, 6.07) is 0. The summed E-state index contributed by atoms with van der Waals surface area (Å²) in [5.74, 6) is 0.635. The predicted octanol–water partition coefficient (Wildman–Crippen LogP) is 2.07. The Labute approximate surface area is 114 Å². The number of hydrogen-bond acceptors (Lipinski definition) is 2. The lowest BCUT2D eigenvalue weighted by Crippen LogP contribution is -2.53. The first-order chi connectivity index (χ1) is 7.71. The largest absolute Gasteiger partial charge is 0.282 e. The fraction of sp³-hybridized carbons (Fsp3) is 1.00. The van der Waals surface area contributed by atoms with Gasteiger partial charge < -0.3 is 0 Å². The molecule has 4 nitrogen and oxygen atoms in total. The molecule has 0 aromatic rings. The summed E-state index contributed by atoms with van der Waals surface area (Å²) < 4.78 is 27.9. The fourth-order valence-electron chi connectivity index (χ4n) is 1.79. The highest BCUT2D eigenvalue weighted by Gasteiger charge is 2.37. The van der Waals surface area contributed by atoms with Crippen molar-refractivity contribution in [3.8, 4) is 0 Å². The van der Waals surface area contributed by atoms with Crippen molar-refractivity contribution in [1.82, 2.24) is 8.61 Å². The summed E-state index contributed by atoms with van der Waals surface area (Å²) in [6.07, 6.45) is 1.92. The van der Waals surface area contributed by atoms with Crippen LogP contribution >= 0.6 is 15.9 Å². The minimum Gasteiger partial charge on any atom is -0.195 e. The van der Waals surface area contributed by atoms with Crippen molar-refractivity contribution in [2.75, 3.05) is 25.5 Å². The van der Waals surface area contributed by atoms with Crippen LogP contribution in [0.15, 0.2) is 0 Å². The van der Waals surface area contributed by atoms with Crippen molar-refractivity contribution in [1.29, 1.82) is 0 Å². The van der Waals surface area contributed by atoms with Crippen LogP contribution in [0.4, 0.5) is 0 Å². The van der Waals surface area contributed by atoms with Gasteiger partial charge in [-0.2, -0.15) is 17.0 Å². The maximum absolute atomic E-state index is 12.4. The summed E-state index contributed by atoms with van der Waals surface area (Å²) in [7, 11) is -1.66. The van der Waals surface area contributed by atoms with Crippen LogP contribution in [0.5, 0.6) is 0 Å². The molecule has 0 atom stereocenters. The van der Waals surface area contributed by atoms with Gasteiger partial charge in [-0.05, 0) is 32.6 Å². The molecule has 0 bridgehead atoms. The van der Waals surface area contributed by atoms with Gasteiger partial charge in [-0.3, -0.25) is 0 Å². The molecular formula is C11H23BrN2O2S. The highest BCUT2D eigenvalue weighted by atomic mass is 79.9. The van der Waals surface area contributed by atoms with Crippen LogP contribution in [0.1, 0.15) is 33.6 Å². The van der Waals surface area contributed by atoms with Crippen LogP contribution in [-0.2, 0) is 10.2 Å². The van der Waals surface area contributed by atoms with Gasteiger partial charge in [-0.1, -0.05) is 22.9 Å². The van der Waals surface area contributed by atoms with Gasteiger partial charge in [0.25, 0.3) is 10.2 Å². The number of rotatable bonds is 4. The van der Waals surface area contributed by atoms with Crippen molar-refractivity contribution < 1.29 is 8.42 Å². The SMILES string of the molecule is CC1CCN(S(=O)(=O)N(C)C(C)(C)CBr)CC1. The first-order valence-corrected chi connectivity index (χ1v) is 8.53. The molecule has 0 unspecified atom stereocenters. The molecule has 1 rings (SSSR count). The molecule has 17 heavy (non-hydrogen) atoms. The van der Waals surface area contributed by atoms with E-state index in [1.165, 1.54) is 4.31 Å². The third-order valence-electron chi connectivity index (χ3n) is 3.59. The van der Waals surface area contributed by atoms with E-state index in [4.69, 9.17) is 0 Å². The van der Waals surface area contributed by atoms with E-state index in [-0.39, 0.29) is 0 Å². The molecule has 102 valence electrons. The zero-order chi connectivity index (χ0) is 13.3. The molecule has 1 saturated heterocycles. The van der Waals surface area contributed by atoms with E-state index >= 15 is 0 Å². The van der Waals surface area contributed by atoms with Crippen molar-refractivity contribution in [3.05, 3.63) is 0 Å². The molecule has 1 heterocycles. The smallest absolute Gasteiger partial charge is 0.195 e. The molecule has 0 saturated carbocycles.